The largest absolute Gasteiger partial charge is 1.00 e. The summed E-state index contributed by atoms with van der Waals surface area (Å²) < 4.78 is 11.3. The molecule has 47 heavy (non-hydrogen) atoms. The van der Waals surface area contributed by atoms with Crippen molar-refractivity contribution in [2.75, 3.05) is 17.3 Å². The second kappa shape index (κ2) is 22.3. The van der Waals surface area contributed by atoms with Crippen molar-refractivity contribution in [3.63, 3.8) is 0 Å². The fraction of sp³-hybridized carbons (Fsp3) is 0.400. The van der Waals surface area contributed by atoms with Crippen molar-refractivity contribution >= 4 is 63.7 Å². The standard InChI is InChI=1S/C12H14N6O2.C6H11ClO2.C6H4N6.CH2O3.2K.H/c1-12(2,3)20-8(19)5-18-11-9(7(4-13)17-18)10(14)15-6-16-11;1-6(2,3)9-5(8)4-7;7-1-3-4-5(8)9-2-10-6(4)12-11-3;2-1-4-3;;;/h6H,5H2,1-3H3,(H2,14,15,16);4H2,1-3H3;2H,(H3,8,9,10,11,12);1,3H;;;/q;;;;2*+1;-1/p-1. The van der Waals surface area contributed by atoms with Crippen LogP contribution in [0.15, 0.2) is 12.7 Å². The van der Waals surface area contributed by atoms with Crippen molar-refractivity contribution in [3.05, 3.63) is 24.0 Å². The van der Waals surface area contributed by atoms with Crippen molar-refractivity contribution in [1.82, 2.24) is 39.9 Å². The second-order valence-electron chi connectivity index (χ2n) is 10.2. The number of alkyl halides is 1. The van der Waals surface area contributed by atoms with E-state index < -0.39 is 17.2 Å². The number of fused-ring (bicyclic) bond motifs is 2. The Morgan fingerprint density at radius 3 is 1.94 bits per heavy atom. The third kappa shape index (κ3) is 16.5. The number of rotatable bonds is 4. The van der Waals surface area contributed by atoms with Gasteiger partial charge in [-0.05, 0) is 41.5 Å². The number of nitrogens with one attached hydrogen (secondary N) is 1. The molecule has 0 bridgehead atoms. The van der Waals surface area contributed by atoms with Crippen molar-refractivity contribution in [1.29, 1.82) is 10.5 Å². The Morgan fingerprint density at radius 2 is 1.49 bits per heavy atom. The number of H-pyrrole nitrogens is 1. The van der Waals surface area contributed by atoms with Crippen LogP contribution in [0.5, 0.6) is 0 Å². The predicted octanol–water partition coefficient (Wildman–Crippen LogP) is -5.45. The predicted molar refractivity (Wildman–Crippen MR) is 156 cm³/mol. The van der Waals surface area contributed by atoms with E-state index in [1.165, 1.54) is 17.3 Å². The van der Waals surface area contributed by atoms with Crippen LogP contribution in [-0.4, -0.2) is 75.4 Å². The number of hydrogen-bond acceptors (Lipinski definition) is 17. The Morgan fingerprint density at radius 1 is 0.979 bits per heavy atom. The van der Waals surface area contributed by atoms with Gasteiger partial charge in [-0.15, -0.1) is 11.6 Å². The molecule has 0 atom stereocenters. The van der Waals surface area contributed by atoms with Crippen LogP contribution in [0.2, 0.25) is 0 Å². The number of carbonyl (C=O) groups is 3. The summed E-state index contributed by atoms with van der Waals surface area (Å²) in [5.41, 5.74) is 11.3. The third-order valence-corrected chi connectivity index (χ3v) is 4.64. The Kier molecular flexibility index (Phi) is 22.2. The van der Waals surface area contributed by atoms with Crippen LogP contribution in [0.4, 0.5) is 11.6 Å². The SMILES string of the molecule is CC(C)(C)OC(=O)CCl.CC(C)(C)OC(=O)Cn1nc(C#N)c2c(N)ncnc21.N#Cc1[nH]nc2ncnc(N)c12.O=CO[O-].[H-].[K+].[K+]. The number of aromatic amines is 1. The molecule has 0 unspecified atom stereocenters. The minimum absolute atomic E-state index is 0. The fourth-order valence-corrected chi connectivity index (χ4v) is 3.10. The molecule has 0 radical (unpaired) electrons. The molecular weight excluding hydrogens is 694 g/mol. The molecule has 22 heteroatoms. The van der Waals surface area contributed by atoms with Gasteiger partial charge >= 0.3 is 115 Å². The molecule has 0 aliphatic carbocycles. The average Bonchev–Trinajstić information content (AvgIpc) is 3.54. The molecule has 19 nitrogen and oxygen atoms in total. The summed E-state index contributed by atoms with van der Waals surface area (Å²) in [7, 11) is 0. The molecule has 5 N–H and O–H groups in total. The molecule has 4 aromatic heterocycles. The fourth-order valence-electron chi connectivity index (χ4n) is 3.04. The van der Waals surface area contributed by atoms with Gasteiger partial charge in [0.2, 0.25) is 0 Å². The molecule has 0 fully saturated rings. The number of nitrogens with two attached hydrogens (primary N) is 2. The maximum Gasteiger partial charge on any atom is 1.00 e. The molecule has 0 aliphatic heterocycles. The first-order valence-corrected chi connectivity index (χ1v) is 13.0. The Bertz CT molecular complexity index is 1710. The van der Waals surface area contributed by atoms with Gasteiger partial charge in [-0.25, -0.2) is 24.6 Å². The summed E-state index contributed by atoms with van der Waals surface area (Å²) in [5.74, 6) is -0.489. The van der Waals surface area contributed by atoms with Gasteiger partial charge in [-0.2, -0.15) is 20.7 Å². The molecule has 0 spiro atoms. The Hall–Kier alpha value is -2.39. The smallest absolute Gasteiger partial charge is 1.00 e. The topological polar surface area (TPSA) is 300 Å². The minimum atomic E-state index is -0.591. The van der Waals surface area contributed by atoms with Crippen LogP contribution in [0.25, 0.3) is 22.1 Å². The van der Waals surface area contributed by atoms with Gasteiger partial charge in [0.15, 0.2) is 17.0 Å². The molecular formula is C25H31ClK2N12O7. The molecule has 242 valence electrons. The molecule has 0 saturated heterocycles. The van der Waals surface area contributed by atoms with E-state index in [-0.39, 0.29) is 146 Å². The van der Waals surface area contributed by atoms with E-state index in [0.29, 0.717) is 27.8 Å². The van der Waals surface area contributed by atoms with Crippen LogP contribution >= 0.6 is 11.6 Å². The van der Waals surface area contributed by atoms with E-state index in [1.54, 1.807) is 41.5 Å². The Balaban J connectivity index is -0.000000623. The zero-order valence-corrected chi connectivity index (χ0v) is 34.1. The number of nitriles is 2. The molecule has 4 heterocycles. The van der Waals surface area contributed by atoms with Crippen LogP contribution < -0.4 is 119 Å². The average molecular weight is 725 g/mol. The molecule has 0 amide bonds. The summed E-state index contributed by atoms with van der Waals surface area (Å²) in [6.45, 7) is 10.4. The van der Waals surface area contributed by atoms with E-state index in [1.807, 2.05) is 12.1 Å². The number of nitrogens with zero attached hydrogens (tertiary/aromatic N) is 9. The number of carbonyl (C=O) groups excluding carboxylic acids is 3. The van der Waals surface area contributed by atoms with E-state index in [2.05, 4.69) is 40.1 Å². The second-order valence-corrected chi connectivity index (χ2v) is 10.5. The molecule has 0 aromatic carbocycles. The first-order valence-electron chi connectivity index (χ1n) is 12.4. The zero-order chi connectivity index (χ0) is 34.4. The van der Waals surface area contributed by atoms with Gasteiger partial charge in [-0.1, -0.05) is 0 Å². The Labute approximate surface area is 360 Å². The van der Waals surface area contributed by atoms with Gasteiger partial charge < -0.3 is 32.5 Å². The molecule has 4 aromatic rings. The first kappa shape index (κ1) is 46.7. The summed E-state index contributed by atoms with van der Waals surface area (Å²) in [6, 6.07) is 3.82. The molecule has 4 rings (SSSR count). The number of aromatic nitrogens is 8. The van der Waals surface area contributed by atoms with E-state index >= 15 is 0 Å². The maximum atomic E-state index is 11.8. The van der Waals surface area contributed by atoms with Crippen LogP contribution in [-0.2, 0) is 35.3 Å². The van der Waals surface area contributed by atoms with Gasteiger partial charge in [0.05, 0.1) is 10.8 Å². The molecule has 0 aliphatic rings. The summed E-state index contributed by atoms with van der Waals surface area (Å²) in [5, 5.41) is 37.2. The first-order chi connectivity index (χ1) is 21.0. The van der Waals surface area contributed by atoms with Crippen LogP contribution in [0.1, 0.15) is 54.4 Å². The zero-order valence-electron chi connectivity index (χ0n) is 28.1. The summed E-state index contributed by atoms with van der Waals surface area (Å²) in [6.07, 6.45) is 2.56. The number of hydrogen-bond donors (Lipinski definition) is 3. The molecule has 0 saturated carbocycles. The van der Waals surface area contributed by atoms with Crippen LogP contribution in [0, 0.1) is 22.7 Å². The van der Waals surface area contributed by atoms with Crippen molar-refractivity contribution < 1.29 is 138 Å². The maximum absolute atomic E-state index is 11.8. The number of halogens is 1. The van der Waals surface area contributed by atoms with Crippen molar-refractivity contribution in [2.24, 2.45) is 0 Å². The van der Waals surface area contributed by atoms with Gasteiger partial charge in [-0.3, -0.25) is 19.5 Å². The van der Waals surface area contributed by atoms with Gasteiger partial charge in [0, 0.05) is 0 Å². The van der Waals surface area contributed by atoms with Crippen molar-refractivity contribution in [2.45, 2.75) is 59.3 Å². The third-order valence-electron chi connectivity index (χ3n) is 4.42. The minimum Gasteiger partial charge on any atom is -1.00 e. The van der Waals surface area contributed by atoms with Gasteiger partial charge in [0.1, 0.15) is 65.7 Å². The van der Waals surface area contributed by atoms with Crippen molar-refractivity contribution in [3.8, 4) is 12.1 Å². The summed E-state index contributed by atoms with van der Waals surface area (Å²) >= 11 is 5.18. The van der Waals surface area contributed by atoms with E-state index in [4.69, 9.17) is 53.1 Å². The normalized spacial score (nSPS) is 9.91. The van der Waals surface area contributed by atoms with Gasteiger partial charge in [0.25, 0.3) is 6.47 Å². The monoisotopic (exact) mass is 724 g/mol. The van der Waals surface area contributed by atoms with Crippen LogP contribution in [0.3, 0.4) is 0 Å². The summed E-state index contributed by atoms with van der Waals surface area (Å²) in [4.78, 5) is 48.9. The number of anilines is 2. The quantitative estimate of drug-likeness (QED) is 0.0441. The van der Waals surface area contributed by atoms with E-state index in [9.17, 15) is 9.59 Å². The number of nitrogen functional groups attached to an aromatic ring is 2. The van der Waals surface area contributed by atoms with E-state index in [0.717, 1.165) is 0 Å². The number of esters is 2. The number of ether oxygens (including phenoxy) is 2.